The third kappa shape index (κ3) is 3.89. The fourth-order valence-corrected chi connectivity index (χ4v) is 3.26. The maximum Gasteiger partial charge on any atom is 0.229 e. The van der Waals surface area contributed by atoms with E-state index in [1.807, 2.05) is 24.4 Å². The highest BCUT2D eigenvalue weighted by molar-refractivity contribution is 7.15. The molecule has 0 saturated carbocycles. The van der Waals surface area contributed by atoms with Crippen LogP contribution < -0.4 is 5.32 Å². The molecular weight excluding hydrogens is 284 g/mol. The fraction of sp³-hybridized carbons (Fsp3) is 0.375. The number of nitrogens with zero attached hydrogens (tertiary/aromatic N) is 1. The van der Waals surface area contributed by atoms with Crippen molar-refractivity contribution in [2.45, 2.75) is 19.3 Å². The van der Waals surface area contributed by atoms with Gasteiger partial charge in [0, 0.05) is 36.6 Å². The van der Waals surface area contributed by atoms with Crippen molar-refractivity contribution in [2.24, 2.45) is 5.92 Å². The lowest BCUT2D eigenvalue weighted by Gasteiger charge is -2.20. The van der Waals surface area contributed by atoms with Crippen LogP contribution in [0.5, 0.6) is 0 Å². The lowest BCUT2D eigenvalue weighted by Crippen LogP contribution is -2.28. The van der Waals surface area contributed by atoms with Crippen molar-refractivity contribution in [2.75, 3.05) is 18.5 Å². The van der Waals surface area contributed by atoms with Gasteiger partial charge in [-0.15, -0.1) is 11.3 Å². The molecule has 2 aromatic rings. The maximum absolute atomic E-state index is 12.1. The number of hydrogen-bond donors (Lipinski definition) is 1. The van der Waals surface area contributed by atoms with Crippen LogP contribution in [0, 0.1) is 5.92 Å². The minimum atomic E-state index is 0.0558. The Labute approximate surface area is 128 Å². The molecular formula is C16H18N2O2S. The molecule has 0 spiro atoms. The Hall–Kier alpha value is -1.72. The van der Waals surface area contributed by atoms with Gasteiger partial charge in [0.25, 0.3) is 0 Å². The summed E-state index contributed by atoms with van der Waals surface area (Å²) in [5.41, 5.74) is 1.25. The molecule has 0 radical (unpaired) electrons. The van der Waals surface area contributed by atoms with Crippen molar-refractivity contribution in [1.29, 1.82) is 0 Å². The SMILES string of the molecule is O=C(Nc1ncc(Cc2ccccc2)s1)C1CCOCC1. The molecule has 1 fully saturated rings. The molecule has 0 aliphatic carbocycles. The van der Waals surface area contributed by atoms with Crippen molar-refractivity contribution in [3.63, 3.8) is 0 Å². The summed E-state index contributed by atoms with van der Waals surface area (Å²) in [4.78, 5) is 17.6. The van der Waals surface area contributed by atoms with E-state index in [1.165, 1.54) is 5.56 Å². The summed E-state index contributed by atoms with van der Waals surface area (Å²) in [5, 5.41) is 3.62. The van der Waals surface area contributed by atoms with Crippen LogP contribution in [0.15, 0.2) is 36.5 Å². The van der Waals surface area contributed by atoms with Gasteiger partial charge in [-0.3, -0.25) is 4.79 Å². The maximum atomic E-state index is 12.1. The van der Waals surface area contributed by atoms with Crippen LogP contribution in [0.3, 0.4) is 0 Å². The lowest BCUT2D eigenvalue weighted by atomic mass is 10.00. The summed E-state index contributed by atoms with van der Waals surface area (Å²) in [7, 11) is 0. The molecule has 0 unspecified atom stereocenters. The van der Waals surface area contributed by atoms with Crippen molar-refractivity contribution < 1.29 is 9.53 Å². The first-order chi connectivity index (χ1) is 10.3. The van der Waals surface area contributed by atoms with Gasteiger partial charge >= 0.3 is 0 Å². The molecule has 1 aromatic carbocycles. The number of carbonyl (C=O) groups is 1. The summed E-state index contributed by atoms with van der Waals surface area (Å²) in [6.45, 7) is 1.35. The van der Waals surface area contributed by atoms with Gasteiger partial charge in [-0.1, -0.05) is 30.3 Å². The van der Waals surface area contributed by atoms with Gasteiger partial charge < -0.3 is 10.1 Å². The van der Waals surface area contributed by atoms with E-state index in [1.54, 1.807) is 11.3 Å². The zero-order chi connectivity index (χ0) is 14.5. The largest absolute Gasteiger partial charge is 0.381 e. The monoisotopic (exact) mass is 302 g/mol. The summed E-state index contributed by atoms with van der Waals surface area (Å²) in [6, 6.07) is 10.3. The predicted octanol–water partition coefficient (Wildman–Crippen LogP) is 3.10. The quantitative estimate of drug-likeness (QED) is 0.944. The number of aromatic nitrogens is 1. The average Bonchev–Trinajstić information content (AvgIpc) is 2.96. The molecule has 0 bridgehead atoms. The number of nitrogens with one attached hydrogen (secondary N) is 1. The molecule has 2 heterocycles. The second-order valence-corrected chi connectivity index (χ2v) is 6.29. The molecule has 4 nitrogen and oxygen atoms in total. The molecule has 110 valence electrons. The van der Waals surface area contributed by atoms with Crippen LogP contribution in [0.4, 0.5) is 5.13 Å². The Balaban J connectivity index is 1.58. The Morgan fingerprint density at radius 3 is 2.81 bits per heavy atom. The van der Waals surface area contributed by atoms with Crippen LogP contribution in [-0.4, -0.2) is 24.1 Å². The number of amides is 1. The van der Waals surface area contributed by atoms with Gasteiger partial charge in [-0.05, 0) is 18.4 Å². The molecule has 5 heteroatoms. The Bertz CT molecular complexity index is 591. The number of thiazole rings is 1. The number of hydrogen-bond acceptors (Lipinski definition) is 4. The standard InChI is InChI=1S/C16H18N2O2S/c19-15(13-6-8-20-9-7-13)18-16-17-11-14(21-16)10-12-4-2-1-3-5-12/h1-5,11,13H,6-10H2,(H,17,18,19). The van der Waals surface area contributed by atoms with Crippen LogP contribution >= 0.6 is 11.3 Å². The average molecular weight is 302 g/mol. The first-order valence-corrected chi connectivity index (χ1v) is 8.00. The summed E-state index contributed by atoms with van der Waals surface area (Å²) in [6.07, 6.45) is 4.30. The molecule has 1 saturated heterocycles. The molecule has 21 heavy (non-hydrogen) atoms. The highest BCUT2D eigenvalue weighted by Crippen LogP contribution is 2.23. The number of ether oxygens (including phenoxy) is 1. The van der Waals surface area contributed by atoms with Crippen molar-refractivity contribution >= 4 is 22.4 Å². The first kappa shape index (κ1) is 14.2. The van der Waals surface area contributed by atoms with Crippen LogP contribution in [-0.2, 0) is 16.0 Å². The van der Waals surface area contributed by atoms with E-state index in [0.29, 0.717) is 18.3 Å². The second kappa shape index (κ2) is 6.83. The molecule has 1 aromatic heterocycles. The predicted molar refractivity (Wildman–Crippen MR) is 83.5 cm³/mol. The third-order valence-corrected chi connectivity index (χ3v) is 4.51. The van der Waals surface area contributed by atoms with Gasteiger partial charge in [0.1, 0.15) is 0 Å². The molecule has 3 rings (SSSR count). The summed E-state index contributed by atoms with van der Waals surface area (Å²) in [5.74, 6) is 0.124. The van der Waals surface area contributed by atoms with Gasteiger partial charge in [0.05, 0.1) is 0 Å². The van der Waals surface area contributed by atoms with Gasteiger partial charge in [-0.25, -0.2) is 4.98 Å². The van der Waals surface area contributed by atoms with E-state index in [4.69, 9.17) is 4.74 Å². The second-order valence-electron chi connectivity index (χ2n) is 5.17. The minimum absolute atomic E-state index is 0.0558. The molecule has 1 N–H and O–H groups in total. The summed E-state index contributed by atoms with van der Waals surface area (Å²) < 4.78 is 5.28. The molecule has 0 atom stereocenters. The molecule has 1 aliphatic heterocycles. The topological polar surface area (TPSA) is 51.2 Å². The van der Waals surface area contributed by atoms with E-state index >= 15 is 0 Å². The van der Waals surface area contributed by atoms with E-state index in [-0.39, 0.29) is 11.8 Å². The normalized spacial score (nSPS) is 15.8. The lowest BCUT2D eigenvalue weighted by molar-refractivity contribution is -0.122. The molecule has 1 aliphatic rings. The van der Waals surface area contributed by atoms with E-state index in [9.17, 15) is 4.79 Å². The highest BCUT2D eigenvalue weighted by atomic mass is 32.1. The van der Waals surface area contributed by atoms with Crippen molar-refractivity contribution in [3.8, 4) is 0 Å². The first-order valence-electron chi connectivity index (χ1n) is 7.18. The number of carbonyl (C=O) groups excluding carboxylic acids is 1. The zero-order valence-corrected chi connectivity index (χ0v) is 12.6. The van der Waals surface area contributed by atoms with Gasteiger partial charge in [0.2, 0.25) is 5.91 Å². The number of rotatable bonds is 4. The van der Waals surface area contributed by atoms with Gasteiger partial charge in [-0.2, -0.15) is 0 Å². The highest BCUT2D eigenvalue weighted by Gasteiger charge is 2.22. The Morgan fingerprint density at radius 2 is 2.05 bits per heavy atom. The minimum Gasteiger partial charge on any atom is -0.381 e. The number of benzene rings is 1. The van der Waals surface area contributed by atoms with Gasteiger partial charge in [0.15, 0.2) is 5.13 Å². The Kier molecular flexibility index (Phi) is 4.62. The van der Waals surface area contributed by atoms with E-state index in [0.717, 1.165) is 24.1 Å². The third-order valence-electron chi connectivity index (χ3n) is 3.60. The van der Waals surface area contributed by atoms with Crippen LogP contribution in [0.2, 0.25) is 0 Å². The van der Waals surface area contributed by atoms with E-state index in [2.05, 4.69) is 22.4 Å². The number of anilines is 1. The Morgan fingerprint density at radius 1 is 1.29 bits per heavy atom. The smallest absolute Gasteiger partial charge is 0.229 e. The van der Waals surface area contributed by atoms with E-state index < -0.39 is 0 Å². The zero-order valence-electron chi connectivity index (χ0n) is 11.7. The van der Waals surface area contributed by atoms with Crippen molar-refractivity contribution in [1.82, 2.24) is 4.98 Å². The van der Waals surface area contributed by atoms with Crippen molar-refractivity contribution in [3.05, 3.63) is 47.0 Å². The van der Waals surface area contributed by atoms with Crippen LogP contribution in [0.25, 0.3) is 0 Å². The summed E-state index contributed by atoms with van der Waals surface area (Å²) >= 11 is 1.55. The fourth-order valence-electron chi connectivity index (χ4n) is 2.41. The molecule has 1 amide bonds. The van der Waals surface area contributed by atoms with Crippen LogP contribution in [0.1, 0.15) is 23.3 Å².